The lowest BCUT2D eigenvalue weighted by molar-refractivity contribution is -0.130. The van der Waals surface area contributed by atoms with E-state index in [1.54, 1.807) is 0 Å². The van der Waals surface area contributed by atoms with Gasteiger partial charge in [-0.05, 0) is 53.4 Å². The van der Waals surface area contributed by atoms with Crippen molar-refractivity contribution in [2.24, 2.45) is 5.92 Å². The molecule has 1 amide bonds. The monoisotopic (exact) mass is 287 g/mol. The van der Waals surface area contributed by atoms with Crippen LogP contribution >= 0.6 is 0 Å². The molecule has 0 aliphatic heterocycles. The van der Waals surface area contributed by atoms with E-state index in [-0.39, 0.29) is 23.7 Å². The van der Waals surface area contributed by atoms with E-state index in [0.29, 0.717) is 12.5 Å². The summed E-state index contributed by atoms with van der Waals surface area (Å²) in [4.78, 5) is 11.6. The molecule has 0 unspecified atom stereocenters. The average Bonchev–Trinajstić information content (AvgIpc) is 2.24. The summed E-state index contributed by atoms with van der Waals surface area (Å²) in [6.07, 6.45) is 1.86. The molecule has 0 aliphatic rings. The maximum atomic E-state index is 11.6. The molecule has 0 aromatic carbocycles. The first-order valence-electron chi connectivity index (χ1n) is 7.56. The van der Waals surface area contributed by atoms with Crippen molar-refractivity contribution >= 4 is 5.91 Å². The molecule has 0 radical (unpaired) electrons. The molecule has 20 heavy (non-hydrogen) atoms. The molecular formula is C16H33NO3. The number of hydrogen-bond acceptors (Lipinski definition) is 3. The summed E-state index contributed by atoms with van der Waals surface area (Å²) in [7, 11) is 0. The third kappa shape index (κ3) is 12.4. The van der Waals surface area contributed by atoms with E-state index in [2.05, 4.69) is 33.0 Å². The zero-order valence-corrected chi connectivity index (χ0v) is 14.3. The second-order valence-corrected chi connectivity index (χ2v) is 7.29. The number of hydrogen-bond donors (Lipinski definition) is 1. The molecule has 0 aromatic heterocycles. The van der Waals surface area contributed by atoms with Crippen molar-refractivity contribution in [1.29, 1.82) is 0 Å². The Labute approximate surface area is 124 Å². The molecule has 0 aliphatic carbocycles. The van der Waals surface area contributed by atoms with Gasteiger partial charge in [-0.25, -0.2) is 0 Å². The van der Waals surface area contributed by atoms with Crippen molar-refractivity contribution < 1.29 is 14.3 Å². The SMILES string of the molecule is CC(C)CCOC(C)(C)CCNC(=O)COC(C)(C)C. The van der Waals surface area contributed by atoms with Crippen LogP contribution < -0.4 is 5.32 Å². The molecule has 4 nitrogen and oxygen atoms in total. The van der Waals surface area contributed by atoms with Gasteiger partial charge in [0, 0.05) is 13.2 Å². The molecule has 120 valence electrons. The van der Waals surface area contributed by atoms with Gasteiger partial charge in [0.1, 0.15) is 6.61 Å². The van der Waals surface area contributed by atoms with Crippen molar-refractivity contribution in [2.45, 2.75) is 72.5 Å². The Kier molecular flexibility index (Phi) is 8.36. The van der Waals surface area contributed by atoms with Crippen LogP contribution in [0.2, 0.25) is 0 Å². The standard InChI is InChI=1S/C16H33NO3/c1-13(2)8-11-19-16(6,7)9-10-17-14(18)12-20-15(3,4)5/h13H,8-12H2,1-7H3,(H,17,18). The van der Waals surface area contributed by atoms with Crippen molar-refractivity contribution in [1.82, 2.24) is 5.32 Å². The van der Waals surface area contributed by atoms with E-state index in [1.807, 2.05) is 20.8 Å². The van der Waals surface area contributed by atoms with Crippen LogP contribution in [0.15, 0.2) is 0 Å². The van der Waals surface area contributed by atoms with Gasteiger partial charge in [-0.3, -0.25) is 4.79 Å². The van der Waals surface area contributed by atoms with Crippen molar-refractivity contribution in [3.63, 3.8) is 0 Å². The highest BCUT2D eigenvalue weighted by atomic mass is 16.5. The fraction of sp³-hybridized carbons (Fsp3) is 0.938. The molecule has 0 saturated heterocycles. The van der Waals surface area contributed by atoms with Crippen LogP contribution in [0.5, 0.6) is 0 Å². The molecule has 4 heteroatoms. The first-order chi connectivity index (χ1) is 9.02. The number of carbonyl (C=O) groups excluding carboxylic acids is 1. The molecule has 0 saturated carbocycles. The summed E-state index contributed by atoms with van der Waals surface area (Å²) in [6, 6.07) is 0. The van der Waals surface area contributed by atoms with E-state index < -0.39 is 0 Å². The van der Waals surface area contributed by atoms with Gasteiger partial charge in [-0.15, -0.1) is 0 Å². The van der Waals surface area contributed by atoms with E-state index in [0.717, 1.165) is 19.4 Å². The second-order valence-electron chi connectivity index (χ2n) is 7.29. The first kappa shape index (κ1) is 19.4. The molecule has 0 rings (SSSR count). The summed E-state index contributed by atoms with van der Waals surface area (Å²) >= 11 is 0. The maximum Gasteiger partial charge on any atom is 0.246 e. The smallest absolute Gasteiger partial charge is 0.246 e. The van der Waals surface area contributed by atoms with Gasteiger partial charge in [0.25, 0.3) is 0 Å². The predicted molar refractivity (Wildman–Crippen MR) is 82.8 cm³/mol. The normalized spacial score (nSPS) is 12.8. The third-order valence-electron chi connectivity index (χ3n) is 2.87. The lowest BCUT2D eigenvalue weighted by Gasteiger charge is -2.26. The van der Waals surface area contributed by atoms with Crippen LogP contribution in [0.3, 0.4) is 0 Å². The highest BCUT2D eigenvalue weighted by molar-refractivity contribution is 5.77. The van der Waals surface area contributed by atoms with Gasteiger partial charge in [0.2, 0.25) is 5.91 Å². The van der Waals surface area contributed by atoms with Gasteiger partial charge in [-0.1, -0.05) is 13.8 Å². The Morgan fingerprint density at radius 3 is 2.20 bits per heavy atom. The predicted octanol–water partition coefficient (Wildman–Crippen LogP) is 3.15. The van der Waals surface area contributed by atoms with Gasteiger partial charge < -0.3 is 14.8 Å². The minimum atomic E-state index is -0.281. The van der Waals surface area contributed by atoms with Crippen molar-refractivity contribution in [3.8, 4) is 0 Å². The Morgan fingerprint density at radius 1 is 1.10 bits per heavy atom. The zero-order chi connectivity index (χ0) is 15.8. The Morgan fingerprint density at radius 2 is 1.70 bits per heavy atom. The summed E-state index contributed by atoms with van der Waals surface area (Å²) in [6.45, 7) is 15.8. The van der Waals surface area contributed by atoms with Crippen molar-refractivity contribution in [2.75, 3.05) is 19.8 Å². The number of ether oxygens (including phenoxy) is 2. The number of nitrogens with one attached hydrogen (secondary N) is 1. The van der Waals surface area contributed by atoms with Crippen LogP contribution in [-0.4, -0.2) is 36.9 Å². The summed E-state index contributed by atoms with van der Waals surface area (Å²) in [5.41, 5.74) is -0.483. The summed E-state index contributed by atoms with van der Waals surface area (Å²) in [5, 5.41) is 2.87. The number of amides is 1. The minimum Gasteiger partial charge on any atom is -0.375 e. The lowest BCUT2D eigenvalue weighted by atomic mass is 10.0. The van der Waals surface area contributed by atoms with Gasteiger partial charge >= 0.3 is 0 Å². The topological polar surface area (TPSA) is 47.6 Å². The third-order valence-corrected chi connectivity index (χ3v) is 2.87. The molecule has 0 spiro atoms. The molecular weight excluding hydrogens is 254 g/mol. The highest BCUT2D eigenvalue weighted by Crippen LogP contribution is 2.15. The molecule has 0 aromatic rings. The Hall–Kier alpha value is -0.610. The molecule has 1 N–H and O–H groups in total. The van der Waals surface area contributed by atoms with Crippen LogP contribution in [0, 0.1) is 5.92 Å². The fourth-order valence-electron chi connectivity index (χ4n) is 1.48. The Bertz CT molecular complexity index is 280. The highest BCUT2D eigenvalue weighted by Gasteiger charge is 2.19. The van der Waals surface area contributed by atoms with E-state index in [9.17, 15) is 4.79 Å². The average molecular weight is 287 g/mol. The number of carbonyl (C=O) groups is 1. The van der Waals surface area contributed by atoms with E-state index in [4.69, 9.17) is 9.47 Å². The second kappa shape index (κ2) is 8.63. The largest absolute Gasteiger partial charge is 0.375 e. The van der Waals surface area contributed by atoms with Crippen LogP contribution in [0.25, 0.3) is 0 Å². The quantitative estimate of drug-likeness (QED) is 0.708. The van der Waals surface area contributed by atoms with Crippen LogP contribution in [0.4, 0.5) is 0 Å². The molecule has 0 atom stereocenters. The van der Waals surface area contributed by atoms with Crippen LogP contribution in [0.1, 0.15) is 61.3 Å². The van der Waals surface area contributed by atoms with Crippen molar-refractivity contribution in [3.05, 3.63) is 0 Å². The van der Waals surface area contributed by atoms with E-state index in [1.165, 1.54) is 0 Å². The van der Waals surface area contributed by atoms with E-state index >= 15 is 0 Å². The summed E-state index contributed by atoms with van der Waals surface area (Å²) in [5.74, 6) is 0.581. The molecule has 0 bridgehead atoms. The first-order valence-corrected chi connectivity index (χ1v) is 7.56. The van der Waals surface area contributed by atoms with Gasteiger partial charge in [0.05, 0.1) is 11.2 Å². The molecule has 0 heterocycles. The number of rotatable bonds is 9. The van der Waals surface area contributed by atoms with Gasteiger partial charge in [0.15, 0.2) is 0 Å². The summed E-state index contributed by atoms with van der Waals surface area (Å²) < 4.78 is 11.3. The lowest BCUT2D eigenvalue weighted by Crippen LogP contribution is -2.36. The zero-order valence-electron chi connectivity index (χ0n) is 14.3. The molecule has 0 fully saturated rings. The minimum absolute atomic E-state index is 0.0714. The fourth-order valence-corrected chi connectivity index (χ4v) is 1.48. The van der Waals surface area contributed by atoms with Gasteiger partial charge in [-0.2, -0.15) is 0 Å². The van der Waals surface area contributed by atoms with Crippen LogP contribution in [-0.2, 0) is 14.3 Å². The Balaban J connectivity index is 3.78. The maximum absolute atomic E-state index is 11.6.